The Morgan fingerprint density at radius 1 is 1.43 bits per heavy atom. The number of rotatable bonds is 5. The Balaban J connectivity index is 2.03. The van der Waals surface area contributed by atoms with Gasteiger partial charge in [-0.15, -0.1) is 11.6 Å². The van der Waals surface area contributed by atoms with E-state index in [-0.39, 0.29) is 5.38 Å². The molecule has 0 aliphatic carbocycles. The lowest BCUT2D eigenvalue weighted by Crippen LogP contribution is -2.07. The van der Waals surface area contributed by atoms with Crippen LogP contribution in [0.3, 0.4) is 0 Å². The third kappa shape index (κ3) is 2.73. The summed E-state index contributed by atoms with van der Waals surface area (Å²) in [6, 6.07) is 2.13. The van der Waals surface area contributed by atoms with Gasteiger partial charge in [0.1, 0.15) is 12.2 Å². The number of aromatic nitrogens is 4. The van der Waals surface area contributed by atoms with Crippen molar-refractivity contribution in [3.8, 4) is 5.88 Å². The molecule has 3 aromatic rings. The Morgan fingerprint density at radius 3 is 2.95 bits per heavy atom. The van der Waals surface area contributed by atoms with Gasteiger partial charge in [-0.25, -0.2) is 9.97 Å². The molecule has 0 amide bonds. The first-order valence-corrected chi connectivity index (χ1v) is 7.99. The Kier molecular flexibility index (Phi) is 4.07. The number of aryl methyl sites for hydroxylation is 2. The highest BCUT2D eigenvalue weighted by atomic mass is 35.5. The quantitative estimate of drug-likeness (QED) is 0.675. The zero-order valence-electron chi connectivity index (χ0n) is 11.8. The van der Waals surface area contributed by atoms with Crippen molar-refractivity contribution in [2.45, 2.75) is 25.3 Å². The molecule has 0 aliphatic rings. The molecule has 110 valence electrons. The predicted molar refractivity (Wildman–Crippen MR) is 84.2 cm³/mol. The van der Waals surface area contributed by atoms with E-state index in [1.807, 2.05) is 6.92 Å². The number of nitrogens with zero attached hydrogens (tertiary/aromatic N) is 4. The molecule has 0 spiro atoms. The fraction of sp³-hybridized carbons (Fsp3) is 0.357. The molecule has 0 saturated heterocycles. The maximum Gasteiger partial charge on any atom is 0.245 e. The monoisotopic (exact) mass is 322 g/mol. The van der Waals surface area contributed by atoms with E-state index >= 15 is 0 Å². The molecule has 1 unspecified atom stereocenters. The number of hydrogen-bond donors (Lipinski definition) is 0. The van der Waals surface area contributed by atoms with Crippen molar-refractivity contribution in [2.24, 2.45) is 0 Å². The molecule has 0 aromatic carbocycles. The number of halogens is 1. The van der Waals surface area contributed by atoms with Crippen LogP contribution in [0.4, 0.5) is 0 Å². The third-order valence-corrected chi connectivity index (χ3v) is 4.21. The molecular formula is C14H15ClN4OS. The van der Waals surface area contributed by atoms with Crippen LogP contribution in [0.2, 0.25) is 0 Å². The summed E-state index contributed by atoms with van der Waals surface area (Å²) in [7, 11) is 1.58. The zero-order valence-corrected chi connectivity index (χ0v) is 13.4. The number of methoxy groups -OCH3 is 1. The van der Waals surface area contributed by atoms with Crippen molar-refractivity contribution < 1.29 is 4.74 Å². The van der Waals surface area contributed by atoms with Crippen LogP contribution in [0.15, 0.2) is 23.2 Å². The second-order valence-corrected chi connectivity index (χ2v) is 6.11. The van der Waals surface area contributed by atoms with E-state index in [4.69, 9.17) is 16.3 Å². The molecule has 3 heterocycles. The molecule has 7 heteroatoms. The van der Waals surface area contributed by atoms with Crippen LogP contribution in [-0.4, -0.2) is 26.6 Å². The minimum atomic E-state index is -0.202. The van der Waals surface area contributed by atoms with Gasteiger partial charge >= 0.3 is 0 Å². The van der Waals surface area contributed by atoms with Gasteiger partial charge in [0.15, 0.2) is 11.2 Å². The van der Waals surface area contributed by atoms with Gasteiger partial charge < -0.3 is 9.30 Å². The standard InChI is InChI=1S/C14H15ClN4OS/c1-9(15)12-18-11-13(16-8-17-14(11)20-2)19(12)5-3-10-4-6-21-7-10/h4,6-9H,3,5H2,1-2H3. The van der Waals surface area contributed by atoms with Crippen molar-refractivity contribution in [2.75, 3.05) is 7.11 Å². The first-order valence-electron chi connectivity index (χ1n) is 6.61. The van der Waals surface area contributed by atoms with E-state index < -0.39 is 0 Å². The van der Waals surface area contributed by atoms with Gasteiger partial charge in [0.25, 0.3) is 0 Å². The summed E-state index contributed by atoms with van der Waals surface area (Å²) in [6.07, 6.45) is 2.41. The molecule has 0 N–H and O–H groups in total. The van der Waals surface area contributed by atoms with E-state index in [1.54, 1.807) is 18.4 Å². The number of fused-ring (bicyclic) bond motifs is 1. The first-order chi connectivity index (χ1) is 10.2. The van der Waals surface area contributed by atoms with Gasteiger partial charge in [0, 0.05) is 6.54 Å². The van der Waals surface area contributed by atoms with Crippen LogP contribution >= 0.6 is 22.9 Å². The lowest BCUT2D eigenvalue weighted by molar-refractivity contribution is 0.401. The van der Waals surface area contributed by atoms with Gasteiger partial charge in [-0.05, 0) is 35.7 Å². The Hall–Kier alpha value is -1.66. The van der Waals surface area contributed by atoms with E-state index in [0.717, 1.165) is 24.4 Å². The van der Waals surface area contributed by atoms with Crippen LogP contribution < -0.4 is 4.74 Å². The summed E-state index contributed by atoms with van der Waals surface area (Å²) < 4.78 is 7.31. The molecule has 3 aromatic heterocycles. The van der Waals surface area contributed by atoms with Crippen molar-refractivity contribution in [3.05, 3.63) is 34.5 Å². The fourth-order valence-corrected chi connectivity index (χ4v) is 3.15. The lowest BCUT2D eigenvalue weighted by atomic mass is 10.2. The van der Waals surface area contributed by atoms with Gasteiger partial charge in [-0.1, -0.05) is 0 Å². The molecule has 0 saturated carbocycles. The number of alkyl halides is 1. The zero-order chi connectivity index (χ0) is 14.8. The largest absolute Gasteiger partial charge is 0.479 e. The lowest BCUT2D eigenvalue weighted by Gasteiger charge is -2.09. The molecule has 0 aliphatic heterocycles. The predicted octanol–water partition coefficient (Wildman–Crippen LogP) is 3.44. The summed E-state index contributed by atoms with van der Waals surface area (Å²) in [5.41, 5.74) is 2.73. The maximum atomic E-state index is 6.27. The molecule has 0 fully saturated rings. The number of hydrogen-bond acceptors (Lipinski definition) is 5. The summed E-state index contributed by atoms with van der Waals surface area (Å²) in [5, 5.41) is 4.03. The second-order valence-electron chi connectivity index (χ2n) is 4.67. The SMILES string of the molecule is COc1ncnc2c1nc(C(C)Cl)n2CCc1ccsc1. The number of imidazole rings is 1. The normalized spacial score (nSPS) is 12.7. The minimum Gasteiger partial charge on any atom is -0.479 e. The summed E-state index contributed by atoms with van der Waals surface area (Å²) in [4.78, 5) is 13.0. The van der Waals surface area contributed by atoms with E-state index in [9.17, 15) is 0 Å². The highest BCUT2D eigenvalue weighted by molar-refractivity contribution is 7.07. The minimum absolute atomic E-state index is 0.202. The van der Waals surface area contributed by atoms with E-state index in [2.05, 4.69) is 36.3 Å². The summed E-state index contributed by atoms with van der Waals surface area (Å²) in [5.74, 6) is 1.27. The van der Waals surface area contributed by atoms with E-state index in [1.165, 1.54) is 11.9 Å². The average molecular weight is 323 g/mol. The number of thiophene rings is 1. The highest BCUT2D eigenvalue weighted by Crippen LogP contribution is 2.27. The van der Waals surface area contributed by atoms with Gasteiger partial charge in [-0.2, -0.15) is 16.3 Å². The van der Waals surface area contributed by atoms with Gasteiger partial charge in [0.05, 0.1) is 12.5 Å². The molecule has 0 bridgehead atoms. The highest BCUT2D eigenvalue weighted by Gasteiger charge is 2.19. The maximum absolute atomic E-state index is 6.27. The van der Waals surface area contributed by atoms with Crippen LogP contribution in [-0.2, 0) is 13.0 Å². The van der Waals surface area contributed by atoms with Crippen LogP contribution in [0, 0.1) is 0 Å². The fourth-order valence-electron chi connectivity index (χ4n) is 2.28. The molecule has 0 radical (unpaired) electrons. The van der Waals surface area contributed by atoms with E-state index in [0.29, 0.717) is 11.4 Å². The van der Waals surface area contributed by atoms with Gasteiger partial charge in [0.2, 0.25) is 5.88 Å². The molecule has 3 rings (SSSR count). The Morgan fingerprint density at radius 2 is 2.29 bits per heavy atom. The Bertz CT molecular complexity index is 739. The smallest absolute Gasteiger partial charge is 0.245 e. The van der Waals surface area contributed by atoms with Crippen molar-refractivity contribution in [3.63, 3.8) is 0 Å². The second kappa shape index (κ2) is 5.99. The van der Waals surface area contributed by atoms with Crippen molar-refractivity contribution in [1.82, 2.24) is 19.5 Å². The molecule has 5 nitrogen and oxygen atoms in total. The average Bonchev–Trinajstić information content (AvgIpc) is 3.11. The Labute approximate surface area is 131 Å². The number of ether oxygens (including phenoxy) is 1. The van der Waals surface area contributed by atoms with Crippen molar-refractivity contribution >= 4 is 34.1 Å². The van der Waals surface area contributed by atoms with Gasteiger partial charge in [-0.3, -0.25) is 0 Å². The summed E-state index contributed by atoms with van der Waals surface area (Å²) in [6.45, 7) is 2.68. The first kappa shape index (κ1) is 14.3. The third-order valence-electron chi connectivity index (χ3n) is 3.28. The van der Waals surface area contributed by atoms with Crippen molar-refractivity contribution in [1.29, 1.82) is 0 Å². The van der Waals surface area contributed by atoms with Crippen LogP contribution in [0.1, 0.15) is 23.7 Å². The topological polar surface area (TPSA) is 52.8 Å². The van der Waals surface area contributed by atoms with Crippen LogP contribution in [0.5, 0.6) is 5.88 Å². The summed E-state index contributed by atoms with van der Waals surface area (Å²) >= 11 is 7.97. The molecule has 21 heavy (non-hydrogen) atoms. The molecule has 1 atom stereocenters. The van der Waals surface area contributed by atoms with Crippen LogP contribution in [0.25, 0.3) is 11.2 Å². The molecular weight excluding hydrogens is 308 g/mol.